The minimum Gasteiger partial charge on any atom is -0.466 e. The van der Waals surface area contributed by atoms with Crippen LogP contribution in [0, 0.1) is 0 Å². The quantitative estimate of drug-likeness (QED) is 0.668. The molecule has 6 nitrogen and oxygen atoms in total. The van der Waals surface area contributed by atoms with Crippen LogP contribution in [0.4, 0.5) is 0 Å². The van der Waals surface area contributed by atoms with Gasteiger partial charge in [-0.25, -0.2) is 14.2 Å². The first-order valence-corrected chi connectivity index (χ1v) is 7.22. The first kappa shape index (κ1) is 16.7. The number of hydrogen-bond donors (Lipinski definition) is 1. The number of carbonyl (C=O) groups excluding carboxylic acids is 2. The predicted molar refractivity (Wildman–Crippen MR) is 82.9 cm³/mol. The van der Waals surface area contributed by atoms with Gasteiger partial charge in [0.05, 0.1) is 25.4 Å². The summed E-state index contributed by atoms with van der Waals surface area (Å²) in [5.74, 6) is -1.50. The summed E-state index contributed by atoms with van der Waals surface area (Å²) in [6.45, 7) is 3.58. The third kappa shape index (κ3) is 2.97. The summed E-state index contributed by atoms with van der Waals surface area (Å²) in [5, 5.41) is 3.08. The second-order valence-electron chi connectivity index (χ2n) is 5.35. The smallest absolute Gasteiger partial charge is 0.336 e. The van der Waals surface area contributed by atoms with Crippen molar-refractivity contribution in [1.29, 1.82) is 0 Å². The van der Waals surface area contributed by atoms with Crippen LogP contribution in [0.3, 0.4) is 0 Å². The number of methoxy groups -OCH3 is 2. The van der Waals surface area contributed by atoms with Crippen molar-refractivity contribution in [1.82, 2.24) is 5.32 Å². The zero-order chi connectivity index (χ0) is 17.1. The molecular formula is C17H21N2O4+. The van der Waals surface area contributed by atoms with Gasteiger partial charge in [0, 0.05) is 23.5 Å². The molecule has 2 heterocycles. The summed E-state index contributed by atoms with van der Waals surface area (Å²) in [6.07, 6.45) is 1.87. The molecule has 0 aliphatic carbocycles. The first-order chi connectivity index (χ1) is 10.9. The fraction of sp³-hybridized carbons (Fsp3) is 0.353. The number of aryl methyl sites for hydroxylation is 1. The van der Waals surface area contributed by atoms with Gasteiger partial charge in [-0.1, -0.05) is 6.07 Å². The van der Waals surface area contributed by atoms with Crippen LogP contribution in [0.1, 0.15) is 25.5 Å². The lowest BCUT2D eigenvalue weighted by Gasteiger charge is -2.28. The average molecular weight is 317 g/mol. The number of allylic oxidation sites excluding steroid dienone is 2. The van der Waals surface area contributed by atoms with Crippen molar-refractivity contribution in [3.05, 3.63) is 52.6 Å². The maximum Gasteiger partial charge on any atom is 0.336 e. The summed E-state index contributed by atoms with van der Waals surface area (Å²) in [4.78, 5) is 24.7. The molecule has 0 saturated heterocycles. The Morgan fingerprint density at radius 1 is 1.04 bits per heavy atom. The standard InChI is InChI=1S/C17H20N2O4/c1-10-13(16(20)22-4)15(12-8-6-7-9-19(12)3)14(11(2)18-10)17(21)23-5/h6-9,15H,1-5H3/p+1. The Kier molecular flexibility index (Phi) is 4.83. The Morgan fingerprint density at radius 3 is 2.00 bits per heavy atom. The van der Waals surface area contributed by atoms with Crippen LogP contribution in [0.2, 0.25) is 0 Å². The molecule has 0 spiro atoms. The minimum absolute atomic E-state index is 0.403. The maximum absolute atomic E-state index is 12.3. The molecule has 0 fully saturated rings. The molecule has 6 heteroatoms. The summed E-state index contributed by atoms with van der Waals surface area (Å²) < 4.78 is 11.7. The molecule has 23 heavy (non-hydrogen) atoms. The lowest BCUT2D eigenvalue weighted by molar-refractivity contribution is -0.679. The van der Waals surface area contributed by atoms with E-state index in [4.69, 9.17) is 9.47 Å². The molecule has 1 aromatic heterocycles. The molecule has 0 saturated carbocycles. The molecule has 0 bridgehead atoms. The van der Waals surface area contributed by atoms with Crippen molar-refractivity contribution < 1.29 is 23.6 Å². The van der Waals surface area contributed by atoms with Crippen molar-refractivity contribution in [3.63, 3.8) is 0 Å². The van der Waals surface area contributed by atoms with E-state index in [0.29, 0.717) is 22.5 Å². The van der Waals surface area contributed by atoms with Crippen LogP contribution in [0.5, 0.6) is 0 Å². The van der Waals surface area contributed by atoms with E-state index < -0.39 is 17.9 Å². The molecule has 2 rings (SSSR count). The topological polar surface area (TPSA) is 68.5 Å². The first-order valence-electron chi connectivity index (χ1n) is 7.22. The minimum atomic E-state index is -0.553. The second-order valence-corrected chi connectivity index (χ2v) is 5.35. The zero-order valence-electron chi connectivity index (χ0n) is 14.0. The molecule has 0 atom stereocenters. The highest BCUT2D eigenvalue weighted by Crippen LogP contribution is 2.37. The van der Waals surface area contributed by atoms with Crippen LogP contribution < -0.4 is 9.88 Å². The van der Waals surface area contributed by atoms with Crippen molar-refractivity contribution in [2.45, 2.75) is 19.8 Å². The number of rotatable bonds is 3. The Labute approximate surface area is 135 Å². The number of hydrogen-bond acceptors (Lipinski definition) is 5. The Balaban J connectivity index is 2.73. The van der Waals surface area contributed by atoms with Crippen molar-refractivity contribution in [2.75, 3.05) is 14.2 Å². The van der Waals surface area contributed by atoms with E-state index in [2.05, 4.69) is 5.32 Å². The fourth-order valence-electron chi connectivity index (χ4n) is 2.89. The van der Waals surface area contributed by atoms with E-state index in [1.54, 1.807) is 13.8 Å². The van der Waals surface area contributed by atoms with Gasteiger partial charge in [0.1, 0.15) is 13.0 Å². The number of aromatic nitrogens is 1. The highest BCUT2D eigenvalue weighted by molar-refractivity contribution is 5.99. The summed E-state index contributed by atoms with van der Waals surface area (Å²) in [6, 6.07) is 5.63. The van der Waals surface area contributed by atoms with Gasteiger partial charge < -0.3 is 14.8 Å². The van der Waals surface area contributed by atoms with Crippen LogP contribution in [0.15, 0.2) is 46.9 Å². The van der Waals surface area contributed by atoms with Gasteiger partial charge in [-0.05, 0) is 13.8 Å². The largest absolute Gasteiger partial charge is 0.466 e. The molecular weight excluding hydrogens is 296 g/mol. The highest BCUT2D eigenvalue weighted by atomic mass is 16.5. The van der Waals surface area contributed by atoms with Crippen molar-refractivity contribution >= 4 is 11.9 Å². The maximum atomic E-state index is 12.3. The number of dihydropyridines is 1. The lowest BCUT2D eigenvalue weighted by Crippen LogP contribution is -2.40. The SMILES string of the molecule is COC(=O)C1=C(C)NC(C)=C(C(=O)OC)C1c1cccc[n+]1C. The number of esters is 2. The molecule has 0 radical (unpaired) electrons. The highest BCUT2D eigenvalue weighted by Gasteiger charge is 2.41. The van der Waals surface area contributed by atoms with Crippen LogP contribution >= 0.6 is 0 Å². The lowest BCUT2D eigenvalue weighted by atomic mass is 9.82. The van der Waals surface area contributed by atoms with E-state index in [0.717, 1.165) is 5.69 Å². The Morgan fingerprint density at radius 2 is 1.57 bits per heavy atom. The predicted octanol–water partition coefficient (Wildman–Crippen LogP) is 1.09. The molecule has 0 unspecified atom stereocenters. The van der Waals surface area contributed by atoms with Crippen LogP contribution in [-0.2, 0) is 26.1 Å². The fourth-order valence-corrected chi connectivity index (χ4v) is 2.89. The van der Waals surface area contributed by atoms with Crippen LogP contribution in [-0.4, -0.2) is 26.2 Å². The summed E-state index contributed by atoms with van der Waals surface area (Å²) in [5.41, 5.74) is 2.93. The van der Waals surface area contributed by atoms with Crippen molar-refractivity contribution in [2.24, 2.45) is 7.05 Å². The monoisotopic (exact) mass is 317 g/mol. The van der Waals surface area contributed by atoms with E-state index >= 15 is 0 Å². The normalized spacial score (nSPS) is 15.3. The van der Waals surface area contributed by atoms with Gasteiger partial charge >= 0.3 is 11.9 Å². The van der Waals surface area contributed by atoms with Crippen LogP contribution in [0.25, 0.3) is 0 Å². The molecule has 1 N–H and O–H groups in total. The van der Waals surface area contributed by atoms with E-state index in [1.807, 2.05) is 36.0 Å². The van der Waals surface area contributed by atoms with E-state index in [9.17, 15) is 9.59 Å². The zero-order valence-corrected chi connectivity index (χ0v) is 14.0. The van der Waals surface area contributed by atoms with Gasteiger partial charge in [-0.3, -0.25) is 0 Å². The van der Waals surface area contributed by atoms with Crippen molar-refractivity contribution in [3.8, 4) is 0 Å². The van der Waals surface area contributed by atoms with Gasteiger partial charge in [0.15, 0.2) is 11.9 Å². The number of nitrogens with zero attached hydrogens (tertiary/aromatic N) is 1. The molecule has 0 amide bonds. The van der Waals surface area contributed by atoms with Gasteiger partial charge in [-0.2, -0.15) is 0 Å². The number of pyridine rings is 1. The van der Waals surface area contributed by atoms with Gasteiger partial charge in [0.25, 0.3) is 0 Å². The summed E-state index contributed by atoms with van der Waals surface area (Å²) >= 11 is 0. The Hall–Kier alpha value is -2.63. The molecule has 1 aliphatic heterocycles. The summed E-state index contributed by atoms with van der Waals surface area (Å²) in [7, 11) is 4.52. The second kappa shape index (κ2) is 6.64. The van der Waals surface area contributed by atoms with Gasteiger partial charge in [-0.15, -0.1) is 0 Å². The Bertz CT molecular complexity index is 681. The number of ether oxygens (including phenoxy) is 2. The third-order valence-corrected chi connectivity index (χ3v) is 3.96. The van der Waals surface area contributed by atoms with Gasteiger partial charge in [0.2, 0.25) is 0 Å². The molecule has 122 valence electrons. The molecule has 1 aliphatic rings. The number of nitrogens with one attached hydrogen (secondary N) is 1. The average Bonchev–Trinajstić information content (AvgIpc) is 2.53. The molecule has 0 aromatic carbocycles. The number of carbonyl (C=O) groups is 2. The van der Waals surface area contributed by atoms with E-state index in [1.165, 1.54) is 14.2 Å². The molecule has 1 aromatic rings. The third-order valence-electron chi connectivity index (χ3n) is 3.96. The van der Waals surface area contributed by atoms with E-state index in [-0.39, 0.29) is 0 Å².